The number of nitrogens with zero attached hydrogens (tertiary/aromatic N) is 4. The fourth-order valence-electron chi connectivity index (χ4n) is 1.13. The maximum absolute atomic E-state index is 4.67. The summed E-state index contributed by atoms with van der Waals surface area (Å²) in [6.07, 6.45) is 4.58. The van der Waals surface area contributed by atoms with E-state index in [1.165, 1.54) is 12.8 Å². The molecule has 0 heterocycles. The Labute approximate surface area is 174 Å². The molecule has 1 atom stereocenters. The SMILES string of the molecule is CCC(C)(C)[N]=[Mo+2]=[N]C(C)(C)CC.CCC[N-]CC.CC[N-]C(C)CC. The van der Waals surface area contributed by atoms with Crippen molar-refractivity contribution in [2.24, 2.45) is 6.99 Å². The topological polar surface area (TPSA) is 52.9 Å². The summed E-state index contributed by atoms with van der Waals surface area (Å²) < 4.78 is 9.34. The van der Waals surface area contributed by atoms with Crippen molar-refractivity contribution in [2.75, 3.05) is 19.6 Å². The van der Waals surface area contributed by atoms with E-state index in [1.807, 2.05) is 0 Å². The van der Waals surface area contributed by atoms with Crippen molar-refractivity contribution < 1.29 is 18.2 Å². The maximum Gasteiger partial charge on any atom is -0.0668 e. The van der Waals surface area contributed by atoms with Crippen molar-refractivity contribution in [1.29, 1.82) is 0 Å². The van der Waals surface area contributed by atoms with E-state index in [9.17, 15) is 0 Å². The molecular weight excluding hydrogens is 404 g/mol. The van der Waals surface area contributed by atoms with E-state index in [-0.39, 0.29) is 11.1 Å². The van der Waals surface area contributed by atoms with Gasteiger partial charge in [0.25, 0.3) is 0 Å². The van der Waals surface area contributed by atoms with Crippen LogP contribution in [0, 0.1) is 0 Å². The van der Waals surface area contributed by atoms with Gasteiger partial charge < -0.3 is 10.6 Å². The summed E-state index contributed by atoms with van der Waals surface area (Å²) in [6.45, 7) is 26.7. The van der Waals surface area contributed by atoms with Gasteiger partial charge in [-0.15, -0.1) is 12.6 Å². The van der Waals surface area contributed by atoms with Gasteiger partial charge in [-0.1, -0.05) is 47.5 Å². The fraction of sp³-hybridized carbons (Fsp3) is 1.00. The minimum atomic E-state index is -0.492. The Bertz CT molecular complexity index is 324. The molecule has 0 bridgehead atoms. The van der Waals surface area contributed by atoms with Crippen molar-refractivity contribution >= 4 is 0 Å². The summed E-state index contributed by atoms with van der Waals surface area (Å²) in [5.74, 6) is 0. The Hall–Kier alpha value is 0.208. The Morgan fingerprint density at radius 1 is 0.808 bits per heavy atom. The first kappa shape index (κ1) is 30.9. The second kappa shape index (κ2) is 20.0. The molecule has 0 aromatic carbocycles. The minimum absolute atomic E-state index is 0.148. The second-order valence-corrected chi connectivity index (χ2v) is 8.91. The van der Waals surface area contributed by atoms with Crippen LogP contribution in [0.2, 0.25) is 0 Å². The first-order valence-corrected chi connectivity index (χ1v) is 12.2. The molecule has 0 aliphatic carbocycles. The molecule has 0 aliphatic rings. The molecular formula is C21H48MoN4. The molecule has 0 aliphatic heterocycles. The minimum Gasteiger partial charge on any atom is -0.662 e. The second-order valence-electron chi connectivity index (χ2n) is 7.62. The molecule has 0 spiro atoms. The van der Waals surface area contributed by atoms with E-state index in [0.29, 0.717) is 6.04 Å². The molecule has 158 valence electrons. The van der Waals surface area contributed by atoms with Gasteiger partial charge in [-0.3, -0.25) is 0 Å². The number of hydrogen-bond acceptors (Lipinski definition) is 2. The smallest absolute Gasteiger partial charge is 0.0668 e. The molecule has 0 saturated heterocycles. The van der Waals surface area contributed by atoms with Gasteiger partial charge in [-0.25, -0.2) is 0 Å². The van der Waals surface area contributed by atoms with E-state index in [1.54, 1.807) is 0 Å². The van der Waals surface area contributed by atoms with Crippen molar-refractivity contribution in [2.45, 2.75) is 119 Å². The largest absolute Gasteiger partial charge is 0.662 e. The van der Waals surface area contributed by atoms with Gasteiger partial charge in [0.05, 0.1) is 0 Å². The van der Waals surface area contributed by atoms with E-state index in [0.717, 1.165) is 32.5 Å². The molecule has 0 aromatic rings. The van der Waals surface area contributed by atoms with Gasteiger partial charge in [0, 0.05) is 0 Å². The van der Waals surface area contributed by atoms with Gasteiger partial charge in [0.1, 0.15) is 0 Å². The summed E-state index contributed by atoms with van der Waals surface area (Å²) >= 11 is -0.492. The monoisotopic (exact) mass is 454 g/mol. The molecule has 0 rings (SSSR count). The quantitative estimate of drug-likeness (QED) is 0.240. The summed E-state index contributed by atoms with van der Waals surface area (Å²) in [5, 5.41) is 8.33. The van der Waals surface area contributed by atoms with E-state index in [2.05, 4.69) is 93.8 Å². The number of rotatable bonds is 10. The van der Waals surface area contributed by atoms with Crippen LogP contribution in [0.1, 0.15) is 102 Å². The molecule has 0 amide bonds. The standard InChI is InChI=1S/C6H14N.2C5H11N.C5H12N.Mo/c1-4-6(3)7-5-2;2*1-4-5(2,3)6;1-3-5-6-4-2;/h6H,4-5H2,1-3H3;2*4H2,1-3H3;3-5H2,1-2H3;/q-1;;;-1;+2. The van der Waals surface area contributed by atoms with Crippen LogP contribution in [-0.4, -0.2) is 36.8 Å². The third kappa shape index (κ3) is 26.4. The summed E-state index contributed by atoms with van der Waals surface area (Å²) in [7, 11) is 0. The molecule has 0 saturated carbocycles. The molecule has 1 unspecified atom stereocenters. The van der Waals surface area contributed by atoms with Crippen LogP contribution in [0.25, 0.3) is 10.6 Å². The summed E-state index contributed by atoms with van der Waals surface area (Å²) in [6, 6.07) is 0.574. The van der Waals surface area contributed by atoms with Gasteiger partial charge in [-0.2, -0.15) is 13.1 Å². The van der Waals surface area contributed by atoms with Crippen LogP contribution in [-0.2, 0) is 18.2 Å². The molecule has 5 heteroatoms. The first-order valence-electron chi connectivity index (χ1n) is 10.5. The van der Waals surface area contributed by atoms with E-state index >= 15 is 0 Å². The van der Waals surface area contributed by atoms with Crippen molar-refractivity contribution in [1.82, 2.24) is 0 Å². The molecule has 0 aromatic heterocycles. The van der Waals surface area contributed by atoms with Gasteiger partial charge in [0.15, 0.2) is 0 Å². The van der Waals surface area contributed by atoms with Gasteiger partial charge in [0.2, 0.25) is 0 Å². The van der Waals surface area contributed by atoms with Crippen molar-refractivity contribution in [3.8, 4) is 0 Å². The average molecular weight is 453 g/mol. The van der Waals surface area contributed by atoms with Crippen molar-refractivity contribution in [3.05, 3.63) is 10.6 Å². The van der Waals surface area contributed by atoms with Gasteiger partial charge >= 0.3 is 90.7 Å². The van der Waals surface area contributed by atoms with Crippen LogP contribution in [0.3, 0.4) is 0 Å². The zero-order valence-corrected chi connectivity index (χ0v) is 21.7. The third-order valence-electron chi connectivity index (χ3n) is 4.00. The van der Waals surface area contributed by atoms with Gasteiger partial charge in [-0.05, 0) is 0 Å². The maximum atomic E-state index is 4.67. The van der Waals surface area contributed by atoms with E-state index in [4.69, 9.17) is 0 Å². The van der Waals surface area contributed by atoms with Crippen LogP contribution >= 0.6 is 0 Å². The normalized spacial score (nSPS) is 12.0. The third-order valence-corrected chi connectivity index (χ3v) is 6.83. The zero-order chi connectivity index (χ0) is 21.1. The fourth-order valence-corrected chi connectivity index (χ4v) is 2.95. The summed E-state index contributed by atoms with van der Waals surface area (Å²) in [5.41, 5.74) is 0.297. The van der Waals surface area contributed by atoms with Crippen molar-refractivity contribution in [3.63, 3.8) is 0 Å². The summed E-state index contributed by atoms with van der Waals surface area (Å²) in [4.78, 5) is 0. The average Bonchev–Trinajstić information content (AvgIpc) is 2.60. The molecule has 0 N–H and O–H groups in total. The Balaban J connectivity index is -0.000000342. The number of hydrogen-bond donors (Lipinski definition) is 0. The molecule has 0 fully saturated rings. The zero-order valence-electron chi connectivity index (χ0n) is 19.7. The Kier molecular flexibility index (Phi) is 23.7. The Morgan fingerprint density at radius 3 is 1.46 bits per heavy atom. The van der Waals surface area contributed by atoms with Crippen LogP contribution in [0.5, 0.6) is 0 Å². The predicted octanol–water partition coefficient (Wildman–Crippen LogP) is 7.78. The first-order chi connectivity index (χ1) is 12.1. The van der Waals surface area contributed by atoms with E-state index < -0.39 is 18.2 Å². The van der Waals surface area contributed by atoms with Crippen LogP contribution in [0.15, 0.2) is 6.99 Å². The molecule has 0 radical (unpaired) electrons. The Morgan fingerprint density at radius 2 is 1.27 bits per heavy atom. The molecule has 26 heavy (non-hydrogen) atoms. The predicted molar refractivity (Wildman–Crippen MR) is 116 cm³/mol. The molecule has 4 nitrogen and oxygen atoms in total. The van der Waals surface area contributed by atoms with Crippen LogP contribution in [0.4, 0.5) is 0 Å². The van der Waals surface area contributed by atoms with Crippen LogP contribution < -0.4 is 0 Å².